The molecular weight excluding hydrogens is 300 g/mol. The fourth-order valence-electron chi connectivity index (χ4n) is 3.88. The summed E-state index contributed by atoms with van der Waals surface area (Å²) in [6.07, 6.45) is 5.64. The minimum absolute atomic E-state index is 0.0166. The SMILES string of the molecule is O=C(C1CCCCCC1)N1CC(O)CC1c1cc(F)ccc1F. The Bertz CT molecular complexity index is 570. The molecule has 1 saturated carbocycles. The van der Waals surface area contributed by atoms with E-state index in [0.717, 1.165) is 56.7 Å². The van der Waals surface area contributed by atoms with Crippen molar-refractivity contribution in [3.8, 4) is 0 Å². The van der Waals surface area contributed by atoms with Crippen LogP contribution in [0.25, 0.3) is 0 Å². The summed E-state index contributed by atoms with van der Waals surface area (Å²) in [5.41, 5.74) is 0.170. The van der Waals surface area contributed by atoms with Gasteiger partial charge in [0.15, 0.2) is 0 Å². The Hall–Kier alpha value is -1.49. The monoisotopic (exact) mass is 323 g/mol. The molecular formula is C18H23F2NO2. The van der Waals surface area contributed by atoms with E-state index in [1.807, 2.05) is 0 Å². The number of carbonyl (C=O) groups is 1. The van der Waals surface area contributed by atoms with Crippen LogP contribution >= 0.6 is 0 Å². The largest absolute Gasteiger partial charge is 0.391 e. The van der Waals surface area contributed by atoms with Gasteiger partial charge in [-0.1, -0.05) is 25.7 Å². The number of aliphatic hydroxyl groups is 1. The standard InChI is InChI=1S/C18H23F2NO2/c19-13-7-8-16(20)15(9-13)17-10-14(22)11-21(17)18(23)12-5-3-1-2-4-6-12/h7-9,12,14,17,22H,1-6,10-11H2. The van der Waals surface area contributed by atoms with E-state index in [2.05, 4.69) is 0 Å². The predicted molar refractivity (Wildman–Crippen MR) is 82.6 cm³/mol. The van der Waals surface area contributed by atoms with Crippen LogP contribution < -0.4 is 0 Å². The first-order chi connectivity index (χ1) is 11.1. The van der Waals surface area contributed by atoms with Crippen molar-refractivity contribution in [1.29, 1.82) is 0 Å². The number of nitrogens with zero attached hydrogens (tertiary/aromatic N) is 1. The minimum Gasteiger partial charge on any atom is -0.391 e. The number of hydrogen-bond donors (Lipinski definition) is 1. The zero-order valence-electron chi connectivity index (χ0n) is 13.2. The molecule has 1 amide bonds. The van der Waals surface area contributed by atoms with Crippen molar-refractivity contribution in [3.05, 3.63) is 35.4 Å². The van der Waals surface area contributed by atoms with Gasteiger partial charge in [0.05, 0.1) is 12.1 Å². The number of amides is 1. The third kappa shape index (κ3) is 3.55. The molecule has 1 N–H and O–H groups in total. The van der Waals surface area contributed by atoms with E-state index in [9.17, 15) is 18.7 Å². The third-order valence-electron chi connectivity index (χ3n) is 5.08. The summed E-state index contributed by atoms with van der Waals surface area (Å²) in [6.45, 7) is 0.204. The highest BCUT2D eigenvalue weighted by Crippen LogP contribution is 2.36. The van der Waals surface area contributed by atoms with Crippen LogP contribution in [0.1, 0.15) is 56.6 Å². The number of hydrogen-bond acceptors (Lipinski definition) is 2. The second-order valence-electron chi connectivity index (χ2n) is 6.75. The number of halogens is 2. The summed E-state index contributed by atoms with van der Waals surface area (Å²) in [6, 6.07) is 2.73. The van der Waals surface area contributed by atoms with Gasteiger partial charge in [-0.05, 0) is 37.5 Å². The molecule has 2 aliphatic rings. The van der Waals surface area contributed by atoms with E-state index in [4.69, 9.17) is 0 Å². The molecule has 1 aliphatic heterocycles. The number of likely N-dealkylation sites (tertiary alicyclic amines) is 1. The van der Waals surface area contributed by atoms with Gasteiger partial charge in [0.1, 0.15) is 11.6 Å². The molecule has 3 rings (SSSR count). The summed E-state index contributed by atoms with van der Waals surface area (Å²) in [5, 5.41) is 9.98. The van der Waals surface area contributed by atoms with Crippen molar-refractivity contribution in [2.45, 2.75) is 57.1 Å². The molecule has 0 radical (unpaired) electrons. The molecule has 1 aromatic rings. The van der Waals surface area contributed by atoms with Crippen molar-refractivity contribution in [1.82, 2.24) is 4.90 Å². The quantitative estimate of drug-likeness (QED) is 0.845. The summed E-state index contributed by atoms with van der Waals surface area (Å²) in [4.78, 5) is 14.4. The van der Waals surface area contributed by atoms with Gasteiger partial charge in [0.25, 0.3) is 0 Å². The Morgan fingerprint density at radius 1 is 1.13 bits per heavy atom. The number of rotatable bonds is 2. The predicted octanol–water partition coefficient (Wildman–Crippen LogP) is 3.57. The molecule has 0 aromatic heterocycles. The van der Waals surface area contributed by atoms with Crippen molar-refractivity contribution in [2.75, 3.05) is 6.54 Å². The second kappa shape index (κ2) is 6.95. The number of benzene rings is 1. The summed E-state index contributed by atoms with van der Waals surface area (Å²) >= 11 is 0. The lowest BCUT2D eigenvalue weighted by Crippen LogP contribution is -2.36. The molecule has 5 heteroatoms. The summed E-state index contributed by atoms with van der Waals surface area (Å²) in [5.74, 6) is -1.12. The molecule has 0 bridgehead atoms. The van der Waals surface area contributed by atoms with E-state index in [1.165, 1.54) is 0 Å². The zero-order valence-corrected chi connectivity index (χ0v) is 13.2. The van der Waals surface area contributed by atoms with E-state index in [1.54, 1.807) is 4.90 Å². The third-order valence-corrected chi connectivity index (χ3v) is 5.08. The highest BCUT2D eigenvalue weighted by atomic mass is 19.1. The number of β-amino-alcohol motifs (C(OH)–C–C–N with tert-alkyl or cyclic N) is 1. The van der Waals surface area contributed by atoms with Crippen molar-refractivity contribution < 1.29 is 18.7 Å². The van der Waals surface area contributed by atoms with Gasteiger partial charge in [-0.2, -0.15) is 0 Å². The van der Waals surface area contributed by atoms with Crippen molar-refractivity contribution in [3.63, 3.8) is 0 Å². The molecule has 23 heavy (non-hydrogen) atoms. The molecule has 2 unspecified atom stereocenters. The van der Waals surface area contributed by atoms with Crippen LogP contribution in [0.5, 0.6) is 0 Å². The minimum atomic E-state index is -0.683. The molecule has 1 aromatic carbocycles. The van der Waals surface area contributed by atoms with Gasteiger partial charge in [0.2, 0.25) is 5.91 Å². The number of carbonyl (C=O) groups excluding carboxylic acids is 1. The Morgan fingerprint density at radius 2 is 1.83 bits per heavy atom. The Kier molecular flexibility index (Phi) is 4.95. The van der Waals surface area contributed by atoms with Gasteiger partial charge >= 0.3 is 0 Å². The zero-order chi connectivity index (χ0) is 16.4. The van der Waals surface area contributed by atoms with Gasteiger partial charge in [-0.15, -0.1) is 0 Å². The fourth-order valence-corrected chi connectivity index (χ4v) is 3.88. The number of aliphatic hydroxyl groups excluding tert-OH is 1. The van der Waals surface area contributed by atoms with Crippen LogP contribution in [0.4, 0.5) is 8.78 Å². The lowest BCUT2D eigenvalue weighted by molar-refractivity contribution is -0.137. The molecule has 0 spiro atoms. The van der Waals surface area contributed by atoms with Gasteiger partial charge in [-0.25, -0.2) is 8.78 Å². The van der Waals surface area contributed by atoms with Crippen molar-refractivity contribution >= 4 is 5.91 Å². The van der Waals surface area contributed by atoms with Gasteiger partial charge in [-0.3, -0.25) is 4.79 Å². The average molecular weight is 323 g/mol. The molecule has 2 atom stereocenters. The van der Waals surface area contributed by atoms with E-state index >= 15 is 0 Å². The molecule has 3 nitrogen and oxygen atoms in total. The van der Waals surface area contributed by atoms with Crippen LogP contribution in [-0.2, 0) is 4.79 Å². The highest BCUT2D eigenvalue weighted by Gasteiger charge is 2.39. The normalized spacial score (nSPS) is 26.3. The van der Waals surface area contributed by atoms with Crippen LogP contribution in [0.15, 0.2) is 18.2 Å². The molecule has 1 heterocycles. The first kappa shape index (κ1) is 16.4. The van der Waals surface area contributed by atoms with E-state index in [0.29, 0.717) is 0 Å². The summed E-state index contributed by atoms with van der Waals surface area (Å²) < 4.78 is 27.6. The maximum atomic E-state index is 14.1. The Balaban J connectivity index is 1.84. The topological polar surface area (TPSA) is 40.5 Å². The highest BCUT2D eigenvalue weighted by molar-refractivity contribution is 5.79. The first-order valence-electron chi connectivity index (χ1n) is 8.49. The van der Waals surface area contributed by atoms with Crippen LogP contribution in [0, 0.1) is 17.6 Å². The molecule has 126 valence electrons. The summed E-state index contributed by atoms with van der Waals surface area (Å²) in [7, 11) is 0. The maximum Gasteiger partial charge on any atom is 0.226 e. The molecule has 1 saturated heterocycles. The Labute approximate surface area is 135 Å². The fraction of sp³-hybridized carbons (Fsp3) is 0.611. The first-order valence-corrected chi connectivity index (χ1v) is 8.49. The average Bonchev–Trinajstić information content (AvgIpc) is 2.75. The lowest BCUT2D eigenvalue weighted by atomic mass is 9.97. The van der Waals surface area contributed by atoms with Crippen LogP contribution in [-0.4, -0.2) is 28.6 Å². The second-order valence-corrected chi connectivity index (χ2v) is 6.75. The molecule has 1 aliphatic carbocycles. The van der Waals surface area contributed by atoms with E-state index < -0.39 is 23.8 Å². The van der Waals surface area contributed by atoms with Gasteiger partial charge in [0, 0.05) is 18.0 Å². The van der Waals surface area contributed by atoms with E-state index in [-0.39, 0.29) is 30.4 Å². The van der Waals surface area contributed by atoms with Crippen LogP contribution in [0.3, 0.4) is 0 Å². The smallest absolute Gasteiger partial charge is 0.226 e. The maximum absolute atomic E-state index is 14.1. The van der Waals surface area contributed by atoms with Gasteiger partial charge < -0.3 is 10.0 Å². The van der Waals surface area contributed by atoms with Crippen molar-refractivity contribution in [2.24, 2.45) is 5.92 Å². The van der Waals surface area contributed by atoms with Crippen LogP contribution in [0.2, 0.25) is 0 Å². The molecule has 2 fully saturated rings. The lowest BCUT2D eigenvalue weighted by Gasteiger charge is -2.29. The Morgan fingerprint density at radius 3 is 2.52 bits per heavy atom.